The lowest BCUT2D eigenvalue weighted by Crippen LogP contribution is -2.25. The van der Waals surface area contributed by atoms with Gasteiger partial charge >= 0.3 is 0 Å². The van der Waals surface area contributed by atoms with Crippen molar-refractivity contribution in [2.24, 2.45) is 0 Å². The largest absolute Gasteiger partial charge is 0.460 e. The summed E-state index contributed by atoms with van der Waals surface area (Å²) in [6.07, 6.45) is 9.05. The number of aromatic nitrogens is 3. The molecule has 2 aliphatic carbocycles. The molecule has 0 N–H and O–H groups in total. The van der Waals surface area contributed by atoms with Crippen molar-refractivity contribution in [2.45, 2.75) is 31.6 Å². The first-order valence-corrected chi connectivity index (χ1v) is 20.4. The van der Waals surface area contributed by atoms with Gasteiger partial charge in [0.25, 0.3) is 0 Å². The van der Waals surface area contributed by atoms with Crippen LogP contribution in [0.5, 0.6) is 0 Å². The number of rotatable bonds is 5. The number of hydrogen-bond acceptors (Lipinski definition) is 5. The van der Waals surface area contributed by atoms with E-state index in [0.717, 1.165) is 96.8 Å². The molecular formula is C54H37N3O2. The van der Waals surface area contributed by atoms with Crippen molar-refractivity contribution in [1.29, 1.82) is 0 Å². The third-order valence-electron chi connectivity index (χ3n) is 12.4. The highest BCUT2D eigenvalue weighted by Crippen LogP contribution is 2.48. The Kier molecular flexibility index (Phi) is 7.48. The predicted octanol–water partition coefficient (Wildman–Crippen LogP) is 13.7. The van der Waals surface area contributed by atoms with Crippen LogP contribution in [-0.2, 0) is 11.8 Å². The topological polar surface area (TPSA) is 65.0 Å². The second-order valence-corrected chi connectivity index (χ2v) is 16.1. The zero-order chi connectivity index (χ0) is 39.1. The number of hydrogen-bond donors (Lipinski definition) is 0. The summed E-state index contributed by atoms with van der Waals surface area (Å²) in [5.41, 5.74) is 9.77. The normalized spacial score (nSPS) is 16.7. The third-order valence-corrected chi connectivity index (χ3v) is 12.4. The number of allylic oxidation sites excluding steroid dienone is 5. The molecule has 1 unspecified atom stereocenters. The van der Waals surface area contributed by atoms with Gasteiger partial charge in [-0.3, -0.25) is 0 Å². The molecule has 0 saturated carbocycles. The Morgan fingerprint density at radius 3 is 2.10 bits per heavy atom. The fourth-order valence-corrected chi connectivity index (χ4v) is 9.28. The molecule has 0 amide bonds. The maximum atomic E-state index is 6.66. The molecular weight excluding hydrogens is 723 g/mol. The summed E-state index contributed by atoms with van der Waals surface area (Å²) in [4.78, 5) is 16.4. The molecule has 3 heterocycles. The minimum atomic E-state index is -0.486. The molecule has 12 rings (SSSR count). The molecule has 5 heteroatoms. The van der Waals surface area contributed by atoms with Crippen molar-refractivity contribution in [3.8, 4) is 11.4 Å². The minimum Gasteiger partial charge on any atom is -0.460 e. The second-order valence-electron chi connectivity index (χ2n) is 16.1. The van der Waals surface area contributed by atoms with Gasteiger partial charge in [-0.1, -0.05) is 140 Å². The van der Waals surface area contributed by atoms with Gasteiger partial charge in [-0.2, -0.15) is 0 Å². The van der Waals surface area contributed by atoms with Crippen LogP contribution in [0.1, 0.15) is 53.9 Å². The fraction of sp³-hybridized carbons (Fsp3) is 0.0926. The first-order valence-electron chi connectivity index (χ1n) is 20.4. The summed E-state index contributed by atoms with van der Waals surface area (Å²) < 4.78 is 13.3. The summed E-state index contributed by atoms with van der Waals surface area (Å²) in [6.45, 7) is 2.24. The van der Waals surface area contributed by atoms with Crippen molar-refractivity contribution in [1.82, 2.24) is 15.0 Å². The van der Waals surface area contributed by atoms with Crippen molar-refractivity contribution in [3.63, 3.8) is 0 Å². The van der Waals surface area contributed by atoms with Gasteiger partial charge < -0.3 is 8.83 Å². The van der Waals surface area contributed by atoms with Gasteiger partial charge in [0.15, 0.2) is 11.6 Å². The Morgan fingerprint density at radius 1 is 0.542 bits per heavy atom. The molecule has 280 valence electrons. The zero-order valence-corrected chi connectivity index (χ0v) is 32.4. The van der Waals surface area contributed by atoms with Gasteiger partial charge in [-0.25, -0.2) is 15.0 Å². The molecule has 7 aromatic carbocycles. The Morgan fingerprint density at radius 2 is 1.27 bits per heavy atom. The molecule has 0 saturated heterocycles. The summed E-state index contributed by atoms with van der Waals surface area (Å²) in [5.74, 6) is 2.97. The van der Waals surface area contributed by atoms with Crippen LogP contribution >= 0.6 is 0 Å². The predicted molar refractivity (Wildman–Crippen MR) is 240 cm³/mol. The lowest BCUT2D eigenvalue weighted by atomic mass is 9.79. The lowest BCUT2D eigenvalue weighted by Gasteiger charge is -2.28. The monoisotopic (exact) mass is 759 g/mol. The molecule has 3 aromatic heterocycles. The summed E-state index contributed by atoms with van der Waals surface area (Å²) in [6, 6.07) is 53.2. The average molecular weight is 760 g/mol. The van der Waals surface area contributed by atoms with Gasteiger partial charge in [-0.05, 0) is 93.9 Å². The molecule has 0 radical (unpaired) electrons. The van der Waals surface area contributed by atoms with Crippen LogP contribution in [0.3, 0.4) is 0 Å². The smallest absolute Gasteiger partial charge is 0.164 e. The first kappa shape index (κ1) is 33.7. The van der Waals surface area contributed by atoms with Crippen molar-refractivity contribution < 1.29 is 8.83 Å². The van der Waals surface area contributed by atoms with E-state index in [1.54, 1.807) is 0 Å². The summed E-state index contributed by atoms with van der Waals surface area (Å²) in [7, 11) is 0. The highest BCUT2D eigenvalue weighted by molar-refractivity contribution is 6.17. The molecule has 10 aromatic rings. The Hall–Kier alpha value is -7.37. The van der Waals surface area contributed by atoms with E-state index in [9.17, 15) is 0 Å². The number of fused-ring (bicyclic) bond motifs is 8. The summed E-state index contributed by atoms with van der Waals surface area (Å²) in [5, 5.41) is 7.89. The molecule has 0 spiro atoms. The Balaban J connectivity index is 1.14. The van der Waals surface area contributed by atoms with E-state index in [1.807, 2.05) is 6.07 Å². The SMILES string of the molecule is CC1(c2nc(C3=C(c4cccc5oc6cc7ccccc7cc6c45)CCc4oc5ccccc5c43)nc(-c3ccc4ccccc4c3)n2)C=CC(c2ccccc2)=CC1. The van der Waals surface area contributed by atoms with Crippen LogP contribution in [0.25, 0.3) is 82.6 Å². The number of aryl methyl sites for hydroxylation is 1. The van der Waals surface area contributed by atoms with E-state index in [4.69, 9.17) is 23.8 Å². The molecule has 0 fully saturated rings. The maximum Gasteiger partial charge on any atom is 0.164 e. The van der Waals surface area contributed by atoms with Crippen LogP contribution in [-0.4, -0.2) is 15.0 Å². The van der Waals surface area contributed by atoms with E-state index in [-0.39, 0.29) is 0 Å². The molecule has 5 nitrogen and oxygen atoms in total. The van der Waals surface area contributed by atoms with Crippen molar-refractivity contribution >= 4 is 71.2 Å². The van der Waals surface area contributed by atoms with Crippen LogP contribution in [0.2, 0.25) is 0 Å². The van der Waals surface area contributed by atoms with E-state index in [0.29, 0.717) is 11.6 Å². The van der Waals surface area contributed by atoms with E-state index in [1.165, 1.54) is 27.5 Å². The average Bonchev–Trinajstić information content (AvgIpc) is 3.86. The quantitative estimate of drug-likeness (QED) is 0.175. The van der Waals surface area contributed by atoms with Crippen LogP contribution < -0.4 is 0 Å². The lowest BCUT2D eigenvalue weighted by molar-refractivity contribution is 0.545. The van der Waals surface area contributed by atoms with Gasteiger partial charge in [0, 0.05) is 44.7 Å². The maximum absolute atomic E-state index is 6.66. The number of para-hydroxylation sites is 1. The standard InChI is InChI=1S/C54H37N3O2/c1-54(28-26-35(27-29-54)33-12-3-2-4-13-33)53-56-51(39-23-22-34-14-5-6-15-36(34)30-39)55-52(57-53)50-41(24-25-46-49(50)42-18-9-10-20-44(42)58-46)40-19-11-21-45-48(40)43-31-37-16-7-8-17-38(37)32-47(43)59-45/h2-23,26-28,30-32H,24-25,29H2,1H3. The zero-order valence-electron chi connectivity index (χ0n) is 32.4. The van der Waals surface area contributed by atoms with Crippen LogP contribution in [0.15, 0.2) is 179 Å². The molecule has 1 atom stereocenters. The van der Waals surface area contributed by atoms with Crippen molar-refractivity contribution in [3.05, 3.63) is 204 Å². The van der Waals surface area contributed by atoms with Gasteiger partial charge in [-0.15, -0.1) is 0 Å². The van der Waals surface area contributed by atoms with Crippen molar-refractivity contribution in [2.75, 3.05) is 0 Å². The number of nitrogens with zero attached hydrogens (tertiary/aromatic N) is 3. The molecule has 0 bridgehead atoms. The Labute approximate surface area is 340 Å². The first-order chi connectivity index (χ1) is 29.1. The van der Waals surface area contributed by atoms with Gasteiger partial charge in [0.1, 0.15) is 28.3 Å². The fourth-order valence-electron chi connectivity index (χ4n) is 9.28. The number of benzene rings is 7. The second kappa shape index (κ2) is 13.1. The third kappa shape index (κ3) is 5.49. The van der Waals surface area contributed by atoms with Gasteiger partial charge in [0.2, 0.25) is 0 Å². The van der Waals surface area contributed by atoms with E-state index < -0.39 is 5.41 Å². The minimum absolute atomic E-state index is 0.486. The number of furan rings is 2. The summed E-state index contributed by atoms with van der Waals surface area (Å²) >= 11 is 0. The van der Waals surface area contributed by atoms with Gasteiger partial charge in [0.05, 0.1) is 0 Å². The molecule has 2 aliphatic rings. The highest BCUT2D eigenvalue weighted by atomic mass is 16.3. The Bertz CT molecular complexity index is 3440. The van der Waals surface area contributed by atoms with Crippen LogP contribution in [0, 0.1) is 0 Å². The highest BCUT2D eigenvalue weighted by Gasteiger charge is 2.34. The van der Waals surface area contributed by atoms with E-state index >= 15 is 0 Å². The van der Waals surface area contributed by atoms with Crippen LogP contribution in [0.4, 0.5) is 0 Å². The van der Waals surface area contributed by atoms with E-state index in [2.05, 4.69) is 171 Å². The molecule has 59 heavy (non-hydrogen) atoms. The molecule has 0 aliphatic heterocycles.